The predicted molar refractivity (Wildman–Crippen MR) is 46.0 cm³/mol. The van der Waals surface area contributed by atoms with Crippen LogP contribution in [-0.4, -0.2) is 12.6 Å². The van der Waals surface area contributed by atoms with E-state index in [0.29, 0.717) is 12.4 Å². The highest BCUT2D eigenvalue weighted by Gasteiger charge is 2.22. The molecule has 1 fully saturated rings. The lowest BCUT2D eigenvalue weighted by Gasteiger charge is -1.99. The molecule has 0 saturated carbocycles. The molecule has 1 aliphatic heterocycles. The third kappa shape index (κ3) is 1.74. The van der Waals surface area contributed by atoms with Crippen molar-refractivity contribution in [1.29, 1.82) is 0 Å². The molecule has 1 atom stereocenters. The SMILES string of the molecule is C=C(F)/C=C1/OCC(N)/C1=C/C. The Bertz CT molecular complexity index is 255. The topological polar surface area (TPSA) is 35.2 Å². The molecule has 1 aliphatic rings. The molecule has 1 heterocycles. The second-order valence-corrected chi connectivity index (χ2v) is 2.62. The molecular weight excluding hydrogens is 157 g/mol. The van der Waals surface area contributed by atoms with Crippen LogP contribution in [0.15, 0.2) is 35.9 Å². The van der Waals surface area contributed by atoms with Crippen LogP contribution in [0.25, 0.3) is 0 Å². The highest BCUT2D eigenvalue weighted by molar-refractivity contribution is 5.36. The van der Waals surface area contributed by atoms with E-state index < -0.39 is 5.83 Å². The fourth-order valence-electron chi connectivity index (χ4n) is 1.16. The fourth-order valence-corrected chi connectivity index (χ4v) is 1.16. The Balaban J connectivity index is 2.88. The molecule has 3 heteroatoms. The summed E-state index contributed by atoms with van der Waals surface area (Å²) in [5.41, 5.74) is 6.51. The van der Waals surface area contributed by atoms with Gasteiger partial charge in [-0.05, 0) is 6.92 Å². The van der Waals surface area contributed by atoms with E-state index in [-0.39, 0.29) is 6.04 Å². The fraction of sp³-hybridized carbons (Fsp3) is 0.333. The van der Waals surface area contributed by atoms with Crippen molar-refractivity contribution in [1.82, 2.24) is 0 Å². The molecule has 12 heavy (non-hydrogen) atoms. The van der Waals surface area contributed by atoms with Gasteiger partial charge in [0, 0.05) is 11.6 Å². The van der Waals surface area contributed by atoms with Gasteiger partial charge in [-0.3, -0.25) is 0 Å². The van der Waals surface area contributed by atoms with Crippen molar-refractivity contribution >= 4 is 0 Å². The van der Waals surface area contributed by atoms with E-state index in [4.69, 9.17) is 10.5 Å². The minimum Gasteiger partial charge on any atom is -0.491 e. The van der Waals surface area contributed by atoms with Crippen LogP contribution in [0.3, 0.4) is 0 Å². The lowest BCUT2D eigenvalue weighted by Crippen LogP contribution is -2.20. The number of rotatable bonds is 1. The van der Waals surface area contributed by atoms with Gasteiger partial charge in [0.2, 0.25) is 0 Å². The van der Waals surface area contributed by atoms with Gasteiger partial charge < -0.3 is 10.5 Å². The molecule has 0 spiro atoms. The maximum Gasteiger partial charge on any atom is 0.126 e. The summed E-state index contributed by atoms with van der Waals surface area (Å²) in [5, 5.41) is 0. The first-order valence-electron chi connectivity index (χ1n) is 3.76. The van der Waals surface area contributed by atoms with Crippen molar-refractivity contribution in [3.8, 4) is 0 Å². The average Bonchev–Trinajstić information content (AvgIpc) is 2.30. The van der Waals surface area contributed by atoms with Crippen molar-refractivity contribution in [3.05, 3.63) is 35.9 Å². The summed E-state index contributed by atoms with van der Waals surface area (Å²) in [5.74, 6) is -0.0176. The lowest BCUT2D eigenvalue weighted by atomic mass is 10.1. The van der Waals surface area contributed by atoms with Crippen LogP contribution in [0, 0.1) is 0 Å². The van der Waals surface area contributed by atoms with Crippen LogP contribution in [-0.2, 0) is 4.74 Å². The van der Waals surface area contributed by atoms with Gasteiger partial charge in [0.1, 0.15) is 18.2 Å². The largest absolute Gasteiger partial charge is 0.491 e. The second kappa shape index (κ2) is 3.54. The molecule has 0 bridgehead atoms. The first kappa shape index (κ1) is 9.00. The van der Waals surface area contributed by atoms with E-state index in [1.807, 2.05) is 13.0 Å². The summed E-state index contributed by atoms with van der Waals surface area (Å²) in [6.45, 7) is 5.38. The summed E-state index contributed by atoms with van der Waals surface area (Å²) in [7, 11) is 0. The molecule has 2 N–H and O–H groups in total. The van der Waals surface area contributed by atoms with E-state index in [2.05, 4.69) is 6.58 Å². The van der Waals surface area contributed by atoms with Crippen molar-refractivity contribution in [2.75, 3.05) is 6.61 Å². The van der Waals surface area contributed by atoms with Crippen LogP contribution in [0.5, 0.6) is 0 Å². The Morgan fingerprint density at radius 1 is 1.83 bits per heavy atom. The van der Waals surface area contributed by atoms with Gasteiger partial charge in [0.25, 0.3) is 0 Å². The zero-order valence-corrected chi connectivity index (χ0v) is 7.01. The van der Waals surface area contributed by atoms with Gasteiger partial charge in [-0.2, -0.15) is 0 Å². The van der Waals surface area contributed by atoms with Crippen molar-refractivity contribution in [3.63, 3.8) is 0 Å². The number of nitrogens with two attached hydrogens (primary N) is 1. The summed E-state index contributed by atoms with van der Waals surface area (Å²) in [6.07, 6.45) is 3.08. The summed E-state index contributed by atoms with van der Waals surface area (Å²) >= 11 is 0. The normalized spacial score (nSPS) is 29.4. The summed E-state index contributed by atoms with van der Waals surface area (Å²) in [4.78, 5) is 0. The number of allylic oxidation sites excluding steroid dienone is 3. The quantitative estimate of drug-likeness (QED) is 0.647. The first-order chi connectivity index (χ1) is 5.65. The Morgan fingerprint density at radius 2 is 2.50 bits per heavy atom. The third-order valence-corrected chi connectivity index (χ3v) is 1.70. The molecular formula is C9H12FNO. The monoisotopic (exact) mass is 169 g/mol. The van der Waals surface area contributed by atoms with Gasteiger partial charge >= 0.3 is 0 Å². The highest BCUT2D eigenvalue weighted by Crippen LogP contribution is 2.23. The number of hydrogen-bond donors (Lipinski definition) is 1. The van der Waals surface area contributed by atoms with Crippen LogP contribution < -0.4 is 5.73 Å². The molecule has 1 saturated heterocycles. The van der Waals surface area contributed by atoms with Crippen LogP contribution in [0.4, 0.5) is 4.39 Å². The molecule has 1 rings (SSSR count). The predicted octanol–water partition coefficient (Wildman–Crippen LogP) is 1.66. The van der Waals surface area contributed by atoms with Gasteiger partial charge in [-0.15, -0.1) is 0 Å². The van der Waals surface area contributed by atoms with Crippen LogP contribution >= 0.6 is 0 Å². The van der Waals surface area contributed by atoms with Crippen LogP contribution in [0.2, 0.25) is 0 Å². The molecule has 0 aromatic heterocycles. The third-order valence-electron chi connectivity index (χ3n) is 1.70. The maximum absolute atomic E-state index is 12.4. The molecule has 2 nitrogen and oxygen atoms in total. The second-order valence-electron chi connectivity index (χ2n) is 2.62. The lowest BCUT2D eigenvalue weighted by molar-refractivity contribution is 0.256. The summed E-state index contributed by atoms with van der Waals surface area (Å²) in [6, 6.07) is -0.138. The maximum atomic E-state index is 12.4. The molecule has 0 aromatic rings. The smallest absolute Gasteiger partial charge is 0.126 e. The Kier molecular flexibility index (Phi) is 2.65. The van der Waals surface area contributed by atoms with Gasteiger partial charge in [0.15, 0.2) is 0 Å². The Morgan fingerprint density at radius 3 is 3.00 bits per heavy atom. The number of halogens is 1. The molecule has 0 aliphatic carbocycles. The van der Waals surface area contributed by atoms with E-state index in [0.717, 1.165) is 5.57 Å². The highest BCUT2D eigenvalue weighted by atomic mass is 19.1. The van der Waals surface area contributed by atoms with Crippen molar-refractivity contribution in [2.45, 2.75) is 13.0 Å². The van der Waals surface area contributed by atoms with Gasteiger partial charge in [-0.25, -0.2) is 4.39 Å². The minimum absolute atomic E-state index is 0.138. The molecule has 1 unspecified atom stereocenters. The average molecular weight is 169 g/mol. The standard InChI is InChI=1S/C9H12FNO/c1-3-7-8(11)5-12-9(7)4-6(2)10/h3-4,8H,2,5,11H2,1H3/b7-3-,9-4+. The molecule has 0 amide bonds. The number of ether oxygens (including phenoxy) is 1. The zero-order valence-electron chi connectivity index (χ0n) is 7.01. The van der Waals surface area contributed by atoms with Gasteiger partial charge in [0.05, 0.1) is 6.04 Å². The van der Waals surface area contributed by atoms with Crippen molar-refractivity contribution < 1.29 is 9.13 Å². The Hall–Kier alpha value is -1.09. The first-order valence-corrected chi connectivity index (χ1v) is 3.76. The van der Waals surface area contributed by atoms with Gasteiger partial charge in [-0.1, -0.05) is 12.7 Å². The van der Waals surface area contributed by atoms with Crippen molar-refractivity contribution in [2.24, 2.45) is 5.73 Å². The summed E-state index contributed by atoms with van der Waals surface area (Å²) < 4.78 is 17.5. The van der Waals surface area contributed by atoms with E-state index in [1.165, 1.54) is 6.08 Å². The van der Waals surface area contributed by atoms with E-state index in [1.54, 1.807) is 0 Å². The molecule has 0 aromatic carbocycles. The minimum atomic E-state index is -0.515. The molecule has 0 radical (unpaired) electrons. The Labute approximate surface area is 71.2 Å². The zero-order chi connectivity index (χ0) is 9.14. The van der Waals surface area contributed by atoms with Crippen LogP contribution in [0.1, 0.15) is 6.92 Å². The number of hydrogen-bond acceptors (Lipinski definition) is 2. The van der Waals surface area contributed by atoms with E-state index >= 15 is 0 Å². The van der Waals surface area contributed by atoms with E-state index in [9.17, 15) is 4.39 Å². The molecule has 66 valence electrons.